The van der Waals surface area contributed by atoms with Gasteiger partial charge in [-0.05, 0) is 42.7 Å². The quantitative estimate of drug-likeness (QED) is 0.630. The minimum atomic E-state index is -0.741. The molecule has 0 unspecified atom stereocenters. The molecule has 0 saturated carbocycles. The Labute approximate surface area is 168 Å². The van der Waals surface area contributed by atoms with Crippen LogP contribution in [0.4, 0.5) is 5.69 Å². The van der Waals surface area contributed by atoms with Crippen molar-refractivity contribution in [1.82, 2.24) is 9.88 Å². The van der Waals surface area contributed by atoms with E-state index in [0.29, 0.717) is 36.8 Å². The molecular weight excluding hydrogens is 370 g/mol. The van der Waals surface area contributed by atoms with Crippen molar-refractivity contribution in [2.24, 2.45) is 0 Å². The number of ether oxygens (including phenoxy) is 2. The Morgan fingerprint density at radius 2 is 2.14 bits per heavy atom. The van der Waals surface area contributed by atoms with Crippen LogP contribution in [0.25, 0.3) is 10.9 Å². The van der Waals surface area contributed by atoms with Gasteiger partial charge >= 0.3 is 0 Å². The van der Waals surface area contributed by atoms with Crippen LogP contribution in [0.3, 0.4) is 0 Å². The van der Waals surface area contributed by atoms with E-state index >= 15 is 0 Å². The standard InChI is InChI=1S/C22H23N3O4/c1-3-29-20-11-16-14(10-19(20)28-2)8-9-25(13-26)21(16)22(27)24-18-12-23-17-7-5-4-6-15(17)18/h4-7,10-13,21,23H,3,8-9H2,1-2H3,(H,24,27)/t21-/m1/s1. The molecular formula is C22H23N3O4. The molecule has 1 atom stereocenters. The lowest BCUT2D eigenvalue weighted by Gasteiger charge is -2.34. The van der Waals surface area contributed by atoms with E-state index in [-0.39, 0.29) is 5.91 Å². The molecule has 2 amide bonds. The number of aromatic amines is 1. The summed E-state index contributed by atoms with van der Waals surface area (Å²) in [4.78, 5) is 29.7. The molecule has 0 spiro atoms. The predicted octanol–water partition coefficient (Wildman–Crippen LogP) is 3.27. The monoisotopic (exact) mass is 393 g/mol. The van der Waals surface area contributed by atoms with Gasteiger partial charge in [0.2, 0.25) is 6.41 Å². The van der Waals surface area contributed by atoms with E-state index in [4.69, 9.17) is 9.47 Å². The van der Waals surface area contributed by atoms with E-state index in [1.165, 1.54) is 4.90 Å². The van der Waals surface area contributed by atoms with Crippen LogP contribution in [0.15, 0.2) is 42.6 Å². The van der Waals surface area contributed by atoms with Crippen LogP contribution in [0, 0.1) is 0 Å². The number of fused-ring (bicyclic) bond motifs is 2. The molecule has 2 N–H and O–H groups in total. The number of benzene rings is 2. The Morgan fingerprint density at radius 1 is 1.31 bits per heavy atom. The Bertz CT molecular complexity index is 1060. The highest BCUT2D eigenvalue weighted by atomic mass is 16.5. The first-order valence-corrected chi connectivity index (χ1v) is 9.58. The molecule has 1 aliphatic rings. The number of anilines is 1. The van der Waals surface area contributed by atoms with Crippen molar-refractivity contribution in [2.45, 2.75) is 19.4 Å². The summed E-state index contributed by atoms with van der Waals surface area (Å²) in [5, 5.41) is 3.89. The van der Waals surface area contributed by atoms with Crippen molar-refractivity contribution in [2.75, 3.05) is 25.6 Å². The lowest BCUT2D eigenvalue weighted by atomic mass is 9.91. The molecule has 7 nitrogen and oxygen atoms in total. The average Bonchev–Trinajstić information content (AvgIpc) is 3.15. The van der Waals surface area contributed by atoms with Crippen LogP contribution < -0.4 is 14.8 Å². The van der Waals surface area contributed by atoms with Gasteiger partial charge in [-0.25, -0.2) is 0 Å². The van der Waals surface area contributed by atoms with Crippen molar-refractivity contribution in [3.05, 3.63) is 53.7 Å². The Hall–Kier alpha value is -3.48. The average molecular weight is 393 g/mol. The molecule has 29 heavy (non-hydrogen) atoms. The molecule has 150 valence electrons. The molecule has 0 saturated heterocycles. The van der Waals surface area contributed by atoms with E-state index in [1.807, 2.05) is 43.3 Å². The van der Waals surface area contributed by atoms with E-state index in [9.17, 15) is 9.59 Å². The van der Waals surface area contributed by atoms with Gasteiger partial charge < -0.3 is 24.7 Å². The van der Waals surface area contributed by atoms with Gasteiger partial charge in [-0.1, -0.05) is 18.2 Å². The van der Waals surface area contributed by atoms with Crippen molar-refractivity contribution in [3.8, 4) is 11.5 Å². The molecule has 2 aromatic carbocycles. The van der Waals surface area contributed by atoms with Gasteiger partial charge in [0.15, 0.2) is 11.5 Å². The molecule has 0 radical (unpaired) electrons. The van der Waals surface area contributed by atoms with Crippen LogP contribution in [0.2, 0.25) is 0 Å². The molecule has 0 bridgehead atoms. The van der Waals surface area contributed by atoms with Gasteiger partial charge in [0.1, 0.15) is 6.04 Å². The molecule has 4 rings (SSSR count). The number of aromatic nitrogens is 1. The molecule has 7 heteroatoms. The summed E-state index contributed by atoms with van der Waals surface area (Å²) in [5.41, 5.74) is 3.34. The minimum Gasteiger partial charge on any atom is -0.493 e. The van der Waals surface area contributed by atoms with Gasteiger partial charge in [0, 0.05) is 23.6 Å². The number of amides is 2. The number of carbonyl (C=O) groups excluding carboxylic acids is 2. The summed E-state index contributed by atoms with van der Waals surface area (Å²) in [6, 6.07) is 10.7. The lowest BCUT2D eigenvalue weighted by molar-refractivity contribution is -0.130. The van der Waals surface area contributed by atoms with Gasteiger partial charge in [0.05, 0.1) is 19.4 Å². The smallest absolute Gasteiger partial charge is 0.251 e. The number of methoxy groups -OCH3 is 1. The summed E-state index contributed by atoms with van der Waals surface area (Å²) in [7, 11) is 1.59. The van der Waals surface area contributed by atoms with E-state index in [0.717, 1.165) is 28.4 Å². The predicted molar refractivity (Wildman–Crippen MR) is 110 cm³/mol. The highest BCUT2D eigenvalue weighted by Crippen LogP contribution is 2.38. The number of rotatable bonds is 6. The summed E-state index contributed by atoms with van der Waals surface area (Å²) < 4.78 is 11.1. The number of hydrogen-bond acceptors (Lipinski definition) is 4. The zero-order chi connectivity index (χ0) is 20.4. The second-order valence-corrected chi connectivity index (χ2v) is 6.87. The molecule has 3 aromatic rings. The number of hydrogen-bond donors (Lipinski definition) is 2. The third kappa shape index (κ3) is 3.40. The first-order chi connectivity index (χ1) is 14.2. The van der Waals surface area contributed by atoms with Crippen molar-refractivity contribution >= 4 is 28.9 Å². The second kappa shape index (κ2) is 7.87. The number of para-hydroxylation sites is 1. The fourth-order valence-electron chi connectivity index (χ4n) is 3.86. The largest absolute Gasteiger partial charge is 0.493 e. The zero-order valence-electron chi connectivity index (χ0n) is 16.4. The highest BCUT2D eigenvalue weighted by Gasteiger charge is 2.34. The zero-order valence-corrected chi connectivity index (χ0v) is 16.4. The summed E-state index contributed by atoms with van der Waals surface area (Å²) in [6.07, 6.45) is 3.14. The van der Waals surface area contributed by atoms with Gasteiger partial charge in [-0.15, -0.1) is 0 Å². The third-order valence-corrected chi connectivity index (χ3v) is 5.22. The Kier molecular flexibility index (Phi) is 5.12. The van der Waals surface area contributed by atoms with Gasteiger partial charge in [-0.3, -0.25) is 9.59 Å². The van der Waals surface area contributed by atoms with Crippen LogP contribution in [-0.2, 0) is 16.0 Å². The maximum absolute atomic E-state index is 13.3. The molecule has 1 aliphatic heterocycles. The lowest BCUT2D eigenvalue weighted by Crippen LogP contribution is -2.41. The fraction of sp³-hybridized carbons (Fsp3) is 0.273. The maximum atomic E-state index is 13.3. The SMILES string of the molecule is CCOc1cc2c(cc1OC)CCN(C=O)[C@H]2C(=O)Nc1c[nH]c2ccccc12. The fourth-order valence-corrected chi connectivity index (χ4v) is 3.86. The molecule has 1 aromatic heterocycles. The van der Waals surface area contributed by atoms with E-state index in [1.54, 1.807) is 13.3 Å². The highest BCUT2D eigenvalue weighted by molar-refractivity contribution is 6.04. The second-order valence-electron chi connectivity index (χ2n) is 6.87. The molecule has 2 heterocycles. The third-order valence-electron chi connectivity index (χ3n) is 5.22. The summed E-state index contributed by atoms with van der Waals surface area (Å²) in [5.74, 6) is 0.919. The van der Waals surface area contributed by atoms with Crippen molar-refractivity contribution in [1.29, 1.82) is 0 Å². The summed E-state index contributed by atoms with van der Waals surface area (Å²) in [6.45, 7) is 2.82. The number of nitrogens with one attached hydrogen (secondary N) is 2. The molecule has 0 fully saturated rings. The summed E-state index contributed by atoms with van der Waals surface area (Å²) >= 11 is 0. The number of H-pyrrole nitrogens is 1. The minimum absolute atomic E-state index is 0.268. The van der Waals surface area contributed by atoms with Gasteiger partial charge in [0.25, 0.3) is 5.91 Å². The van der Waals surface area contributed by atoms with Crippen LogP contribution in [-0.4, -0.2) is 42.5 Å². The number of nitrogens with zero attached hydrogens (tertiary/aromatic N) is 1. The molecule has 0 aliphatic carbocycles. The van der Waals surface area contributed by atoms with Crippen molar-refractivity contribution < 1.29 is 19.1 Å². The number of carbonyl (C=O) groups is 2. The topological polar surface area (TPSA) is 83.7 Å². The first-order valence-electron chi connectivity index (χ1n) is 9.58. The van der Waals surface area contributed by atoms with E-state index in [2.05, 4.69) is 10.3 Å². The Morgan fingerprint density at radius 3 is 2.90 bits per heavy atom. The normalized spacial score (nSPS) is 15.7. The van der Waals surface area contributed by atoms with Crippen LogP contribution in [0.5, 0.6) is 11.5 Å². The van der Waals surface area contributed by atoms with Crippen LogP contribution >= 0.6 is 0 Å². The van der Waals surface area contributed by atoms with Gasteiger partial charge in [-0.2, -0.15) is 0 Å². The van der Waals surface area contributed by atoms with Crippen LogP contribution in [0.1, 0.15) is 24.1 Å². The van der Waals surface area contributed by atoms with Crippen molar-refractivity contribution in [3.63, 3.8) is 0 Å². The van der Waals surface area contributed by atoms with E-state index < -0.39 is 6.04 Å². The maximum Gasteiger partial charge on any atom is 0.251 e. The first kappa shape index (κ1) is 18.9. The Balaban J connectivity index is 1.72.